The molecule has 0 aliphatic heterocycles. The van der Waals surface area contributed by atoms with Crippen molar-refractivity contribution in [2.45, 2.75) is 40.8 Å². The van der Waals surface area contributed by atoms with Crippen molar-refractivity contribution >= 4 is 5.97 Å². The first-order chi connectivity index (χ1) is 11.8. The molecule has 5 nitrogen and oxygen atoms in total. The van der Waals surface area contributed by atoms with Crippen molar-refractivity contribution in [1.82, 2.24) is 4.57 Å². The summed E-state index contributed by atoms with van der Waals surface area (Å²) in [6.45, 7) is 8.32. The number of pyridine rings is 1. The zero-order chi connectivity index (χ0) is 18.4. The molecule has 0 spiro atoms. The number of benzene rings is 1. The largest absolute Gasteiger partial charge is 0.483 e. The summed E-state index contributed by atoms with van der Waals surface area (Å²) in [5, 5.41) is 0. The second kappa shape index (κ2) is 8.01. The molecular weight excluding hydrogens is 318 g/mol. The Balaban J connectivity index is 2.03. The summed E-state index contributed by atoms with van der Waals surface area (Å²) in [4.78, 5) is 23.9. The van der Waals surface area contributed by atoms with Crippen molar-refractivity contribution in [2.24, 2.45) is 5.41 Å². The first kappa shape index (κ1) is 18.8. The lowest BCUT2D eigenvalue weighted by Crippen LogP contribution is -2.25. The molecule has 1 aromatic carbocycles. The first-order valence-corrected chi connectivity index (χ1v) is 8.33. The molecule has 0 fully saturated rings. The number of nitrogens with zero attached hydrogens (tertiary/aromatic N) is 1. The summed E-state index contributed by atoms with van der Waals surface area (Å²) in [5.41, 5.74) is 1.03. The van der Waals surface area contributed by atoms with Gasteiger partial charge in [-0.1, -0.05) is 30.3 Å². The van der Waals surface area contributed by atoms with Crippen LogP contribution in [0.1, 0.15) is 32.0 Å². The lowest BCUT2D eigenvalue weighted by atomic mass is 9.97. The highest BCUT2D eigenvalue weighted by molar-refractivity contribution is 5.75. The second-order valence-electron chi connectivity index (χ2n) is 6.95. The highest BCUT2D eigenvalue weighted by Gasteiger charge is 2.22. The SMILES string of the molecule is Cc1c(OCc2ccccc2)c(=O)ccn1CCOC(=O)C(C)(C)C. The van der Waals surface area contributed by atoms with Gasteiger partial charge < -0.3 is 14.0 Å². The number of esters is 1. The Hall–Kier alpha value is -2.56. The third-order valence-electron chi connectivity index (χ3n) is 3.79. The van der Waals surface area contributed by atoms with Gasteiger partial charge in [0.05, 0.1) is 17.7 Å². The van der Waals surface area contributed by atoms with Crippen LogP contribution < -0.4 is 10.2 Å². The number of carbonyl (C=O) groups is 1. The average molecular weight is 343 g/mol. The number of hydrogen-bond donors (Lipinski definition) is 0. The van der Waals surface area contributed by atoms with Crippen LogP contribution in [0.3, 0.4) is 0 Å². The van der Waals surface area contributed by atoms with Crippen molar-refractivity contribution in [3.05, 3.63) is 64.1 Å². The van der Waals surface area contributed by atoms with Crippen molar-refractivity contribution in [1.29, 1.82) is 0 Å². The predicted molar refractivity (Wildman–Crippen MR) is 96.6 cm³/mol. The average Bonchev–Trinajstić information content (AvgIpc) is 2.56. The van der Waals surface area contributed by atoms with Gasteiger partial charge in [-0.25, -0.2) is 0 Å². The number of carbonyl (C=O) groups excluding carboxylic acids is 1. The molecule has 2 aromatic rings. The molecule has 0 aliphatic carbocycles. The molecule has 0 bridgehead atoms. The van der Waals surface area contributed by atoms with E-state index in [9.17, 15) is 9.59 Å². The molecule has 0 saturated heterocycles. The van der Waals surface area contributed by atoms with Crippen LogP contribution in [0.15, 0.2) is 47.4 Å². The Morgan fingerprint density at radius 1 is 1.12 bits per heavy atom. The molecule has 0 amide bonds. The maximum Gasteiger partial charge on any atom is 0.311 e. The molecule has 0 atom stereocenters. The van der Waals surface area contributed by atoms with Gasteiger partial charge in [0.25, 0.3) is 0 Å². The van der Waals surface area contributed by atoms with Gasteiger partial charge in [-0.05, 0) is 33.3 Å². The summed E-state index contributed by atoms with van der Waals surface area (Å²) >= 11 is 0. The van der Waals surface area contributed by atoms with E-state index in [0.717, 1.165) is 11.3 Å². The molecule has 2 rings (SSSR count). The van der Waals surface area contributed by atoms with Crippen LogP contribution in [0.4, 0.5) is 0 Å². The summed E-state index contributed by atoms with van der Waals surface area (Å²) in [7, 11) is 0. The van der Waals surface area contributed by atoms with E-state index in [0.29, 0.717) is 18.9 Å². The van der Waals surface area contributed by atoms with Crippen molar-refractivity contribution in [2.75, 3.05) is 6.61 Å². The summed E-state index contributed by atoms with van der Waals surface area (Å²) in [6, 6.07) is 11.2. The second-order valence-corrected chi connectivity index (χ2v) is 6.95. The molecule has 0 aliphatic rings. The third kappa shape index (κ3) is 5.21. The van der Waals surface area contributed by atoms with E-state index in [4.69, 9.17) is 9.47 Å². The van der Waals surface area contributed by atoms with Crippen LogP contribution >= 0.6 is 0 Å². The normalized spacial score (nSPS) is 11.2. The van der Waals surface area contributed by atoms with Crippen LogP contribution in [0.2, 0.25) is 0 Å². The van der Waals surface area contributed by atoms with Crippen LogP contribution in [-0.4, -0.2) is 17.1 Å². The Bertz CT molecular complexity index is 773. The lowest BCUT2D eigenvalue weighted by molar-refractivity contribution is -0.153. The Labute approximate surface area is 148 Å². The van der Waals surface area contributed by atoms with Crippen molar-refractivity contribution < 1.29 is 14.3 Å². The van der Waals surface area contributed by atoms with E-state index in [-0.39, 0.29) is 18.0 Å². The number of ether oxygens (including phenoxy) is 2. The van der Waals surface area contributed by atoms with Crippen LogP contribution in [0.25, 0.3) is 0 Å². The van der Waals surface area contributed by atoms with Gasteiger partial charge >= 0.3 is 5.97 Å². The zero-order valence-electron chi connectivity index (χ0n) is 15.2. The van der Waals surface area contributed by atoms with E-state index in [1.807, 2.05) is 62.6 Å². The lowest BCUT2D eigenvalue weighted by Gasteiger charge is -2.18. The number of aromatic nitrogens is 1. The maximum absolute atomic E-state index is 12.1. The summed E-state index contributed by atoms with van der Waals surface area (Å²) < 4.78 is 12.9. The number of rotatable bonds is 6. The summed E-state index contributed by atoms with van der Waals surface area (Å²) in [6.07, 6.45) is 1.69. The molecule has 5 heteroatoms. The molecule has 1 aromatic heterocycles. The van der Waals surface area contributed by atoms with Crippen LogP contribution in [0, 0.1) is 12.3 Å². The molecule has 1 heterocycles. The van der Waals surface area contributed by atoms with Gasteiger partial charge in [-0.2, -0.15) is 0 Å². The Morgan fingerprint density at radius 2 is 1.80 bits per heavy atom. The van der Waals surface area contributed by atoms with Crippen molar-refractivity contribution in [3.63, 3.8) is 0 Å². The minimum atomic E-state index is -0.525. The predicted octanol–water partition coefficient (Wildman–Crippen LogP) is 3.33. The topological polar surface area (TPSA) is 57.5 Å². The molecule has 0 N–H and O–H groups in total. The smallest absolute Gasteiger partial charge is 0.311 e. The maximum atomic E-state index is 12.1. The van der Waals surface area contributed by atoms with Gasteiger partial charge in [-0.3, -0.25) is 9.59 Å². The van der Waals surface area contributed by atoms with Crippen molar-refractivity contribution in [3.8, 4) is 5.75 Å². The first-order valence-electron chi connectivity index (χ1n) is 8.33. The fourth-order valence-corrected chi connectivity index (χ4v) is 2.25. The highest BCUT2D eigenvalue weighted by Crippen LogP contribution is 2.16. The molecule has 0 radical (unpaired) electrons. The van der Waals surface area contributed by atoms with Gasteiger partial charge in [-0.15, -0.1) is 0 Å². The minimum Gasteiger partial charge on any atom is -0.483 e. The molecule has 25 heavy (non-hydrogen) atoms. The molecule has 0 saturated carbocycles. The van der Waals surface area contributed by atoms with E-state index >= 15 is 0 Å². The molecule has 0 unspecified atom stereocenters. The third-order valence-corrected chi connectivity index (χ3v) is 3.79. The monoisotopic (exact) mass is 343 g/mol. The fraction of sp³-hybridized carbons (Fsp3) is 0.400. The Morgan fingerprint density at radius 3 is 2.44 bits per heavy atom. The van der Waals surface area contributed by atoms with E-state index in [1.165, 1.54) is 6.07 Å². The standard InChI is InChI=1S/C20H25NO4/c1-15-18(25-14-16-8-6-5-7-9-16)17(22)10-11-21(15)12-13-24-19(23)20(2,3)4/h5-11H,12-14H2,1-4H3. The van der Waals surface area contributed by atoms with E-state index in [2.05, 4.69) is 0 Å². The zero-order valence-corrected chi connectivity index (χ0v) is 15.2. The molecule has 134 valence electrons. The quantitative estimate of drug-likeness (QED) is 0.755. The van der Waals surface area contributed by atoms with E-state index in [1.54, 1.807) is 6.20 Å². The van der Waals surface area contributed by atoms with Gasteiger partial charge in [0.1, 0.15) is 13.2 Å². The molecular formula is C20H25NO4. The van der Waals surface area contributed by atoms with Gasteiger partial charge in [0.15, 0.2) is 5.75 Å². The van der Waals surface area contributed by atoms with Gasteiger partial charge in [0, 0.05) is 12.3 Å². The summed E-state index contributed by atoms with van der Waals surface area (Å²) in [5.74, 6) is 0.0836. The van der Waals surface area contributed by atoms with Gasteiger partial charge in [0.2, 0.25) is 5.43 Å². The number of hydrogen-bond acceptors (Lipinski definition) is 4. The van der Waals surface area contributed by atoms with Crippen LogP contribution in [-0.2, 0) is 22.7 Å². The highest BCUT2D eigenvalue weighted by atomic mass is 16.5. The fourth-order valence-electron chi connectivity index (χ4n) is 2.25. The minimum absolute atomic E-state index is 0.156. The van der Waals surface area contributed by atoms with E-state index < -0.39 is 5.41 Å². The Kier molecular flexibility index (Phi) is 6.02. The van der Waals surface area contributed by atoms with Crippen LogP contribution in [0.5, 0.6) is 5.75 Å².